The van der Waals surface area contributed by atoms with Gasteiger partial charge in [0.25, 0.3) is 0 Å². The lowest BCUT2D eigenvalue weighted by Gasteiger charge is -2.13. The van der Waals surface area contributed by atoms with E-state index in [1.165, 1.54) is 0 Å². The Bertz CT molecular complexity index is 1060. The van der Waals surface area contributed by atoms with E-state index in [9.17, 15) is 4.79 Å². The van der Waals surface area contributed by atoms with Crippen LogP contribution in [0.4, 0.5) is 0 Å². The summed E-state index contributed by atoms with van der Waals surface area (Å²) in [6.07, 6.45) is 4.38. The van der Waals surface area contributed by atoms with Crippen LogP contribution in [-0.4, -0.2) is 32.3 Å². The number of fused-ring (bicyclic) bond motifs is 1. The molecular formula is C26H31NO4. The van der Waals surface area contributed by atoms with Crippen molar-refractivity contribution in [1.82, 2.24) is 5.32 Å². The second-order valence-electron chi connectivity index (χ2n) is 7.87. The minimum absolute atomic E-state index is 0.127. The minimum atomic E-state index is -0.127. The lowest BCUT2D eigenvalue weighted by molar-refractivity contribution is -0.116. The topological polar surface area (TPSA) is 60.7 Å². The van der Waals surface area contributed by atoms with Gasteiger partial charge in [0.2, 0.25) is 5.91 Å². The Morgan fingerprint density at radius 1 is 1.23 bits per heavy atom. The number of hydrogen-bond donors (Lipinski definition) is 1. The summed E-state index contributed by atoms with van der Waals surface area (Å²) < 4.78 is 17.1. The zero-order valence-electron chi connectivity index (χ0n) is 19.0. The van der Waals surface area contributed by atoms with Gasteiger partial charge in [0.1, 0.15) is 11.3 Å². The molecule has 0 spiro atoms. The molecule has 0 atom stereocenters. The molecule has 3 rings (SSSR count). The van der Waals surface area contributed by atoms with E-state index in [4.69, 9.17) is 13.9 Å². The molecule has 0 aliphatic heterocycles. The van der Waals surface area contributed by atoms with Gasteiger partial charge in [-0.05, 0) is 51.3 Å². The number of rotatable bonds is 9. The molecule has 164 valence electrons. The smallest absolute Gasteiger partial charge is 0.244 e. The van der Waals surface area contributed by atoms with Crippen LogP contribution >= 0.6 is 0 Å². The SMILES string of the molecule is COc1c(/C(C)=C/C(=O)NCCCOC(C)C)cc2c(-c3ccccc3)coc2c1C. The molecule has 0 radical (unpaired) electrons. The molecular weight excluding hydrogens is 390 g/mol. The number of carbonyl (C=O) groups excluding carboxylic acids is 1. The number of ether oxygens (including phenoxy) is 2. The molecule has 31 heavy (non-hydrogen) atoms. The van der Waals surface area contributed by atoms with Crippen LogP contribution < -0.4 is 10.1 Å². The average molecular weight is 422 g/mol. The highest BCUT2D eigenvalue weighted by molar-refractivity contribution is 6.01. The molecule has 1 amide bonds. The van der Waals surface area contributed by atoms with Crippen LogP contribution in [0.3, 0.4) is 0 Å². The summed E-state index contributed by atoms with van der Waals surface area (Å²) >= 11 is 0. The fourth-order valence-corrected chi connectivity index (χ4v) is 3.64. The van der Waals surface area contributed by atoms with Gasteiger partial charge in [-0.2, -0.15) is 0 Å². The van der Waals surface area contributed by atoms with E-state index in [2.05, 4.69) is 17.4 Å². The van der Waals surface area contributed by atoms with E-state index in [0.717, 1.165) is 45.2 Å². The summed E-state index contributed by atoms with van der Waals surface area (Å²) in [7, 11) is 1.64. The van der Waals surface area contributed by atoms with E-state index in [1.54, 1.807) is 19.4 Å². The lowest BCUT2D eigenvalue weighted by Crippen LogP contribution is -2.23. The van der Waals surface area contributed by atoms with Gasteiger partial charge in [-0.3, -0.25) is 4.79 Å². The molecule has 1 heterocycles. The maximum Gasteiger partial charge on any atom is 0.244 e. The Balaban J connectivity index is 1.88. The molecule has 5 heteroatoms. The van der Waals surface area contributed by atoms with Crippen LogP contribution in [0, 0.1) is 6.92 Å². The van der Waals surface area contributed by atoms with Crippen molar-refractivity contribution in [2.24, 2.45) is 0 Å². The van der Waals surface area contributed by atoms with Crippen LogP contribution in [0.5, 0.6) is 5.75 Å². The third kappa shape index (κ3) is 5.36. The van der Waals surface area contributed by atoms with Crippen LogP contribution in [0.2, 0.25) is 0 Å². The van der Waals surface area contributed by atoms with Crippen LogP contribution in [0.15, 0.2) is 53.2 Å². The second-order valence-corrected chi connectivity index (χ2v) is 7.87. The van der Waals surface area contributed by atoms with Gasteiger partial charge in [-0.25, -0.2) is 0 Å². The van der Waals surface area contributed by atoms with Crippen LogP contribution in [-0.2, 0) is 9.53 Å². The summed E-state index contributed by atoms with van der Waals surface area (Å²) in [6.45, 7) is 9.11. The van der Waals surface area contributed by atoms with Crippen molar-refractivity contribution in [3.63, 3.8) is 0 Å². The molecule has 0 unspecified atom stereocenters. The molecule has 3 aromatic rings. The number of furan rings is 1. The Morgan fingerprint density at radius 3 is 2.65 bits per heavy atom. The predicted octanol–water partition coefficient (Wildman–Crippen LogP) is 5.75. The monoisotopic (exact) mass is 421 g/mol. The first kappa shape index (κ1) is 22.6. The highest BCUT2D eigenvalue weighted by atomic mass is 16.5. The molecule has 0 saturated carbocycles. The first-order chi connectivity index (χ1) is 14.9. The van der Waals surface area contributed by atoms with Crippen LogP contribution in [0.25, 0.3) is 27.7 Å². The largest absolute Gasteiger partial charge is 0.496 e. The van der Waals surface area contributed by atoms with Gasteiger partial charge in [0.15, 0.2) is 0 Å². The molecule has 5 nitrogen and oxygen atoms in total. The second kappa shape index (κ2) is 10.3. The fourth-order valence-electron chi connectivity index (χ4n) is 3.64. The lowest BCUT2D eigenvalue weighted by atomic mass is 9.96. The summed E-state index contributed by atoms with van der Waals surface area (Å²) in [6, 6.07) is 12.2. The number of nitrogens with one attached hydrogen (secondary N) is 1. The zero-order chi connectivity index (χ0) is 22.4. The fraction of sp³-hybridized carbons (Fsp3) is 0.346. The van der Waals surface area contributed by atoms with Crippen molar-refractivity contribution in [3.05, 3.63) is 59.9 Å². The number of methoxy groups -OCH3 is 1. The summed E-state index contributed by atoms with van der Waals surface area (Å²) in [5, 5.41) is 3.92. The van der Waals surface area contributed by atoms with Gasteiger partial charge >= 0.3 is 0 Å². The number of aryl methyl sites for hydroxylation is 1. The highest BCUT2D eigenvalue weighted by Gasteiger charge is 2.18. The third-order valence-corrected chi connectivity index (χ3v) is 5.18. The van der Waals surface area contributed by atoms with E-state index in [-0.39, 0.29) is 12.0 Å². The Morgan fingerprint density at radius 2 is 1.97 bits per heavy atom. The van der Waals surface area contributed by atoms with Gasteiger partial charge in [0, 0.05) is 41.3 Å². The number of carbonyl (C=O) groups is 1. The molecule has 1 aromatic heterocycles. The van der Waals surface area contributed by atoms with Gasteiger partial charge in [0.05, 0.1) is 19.5 Å². The molecule has 0 bridgehead atoms. The number of hydrogen-bond acceptors (Lipinski definition) is 4. The predicted molar refractivity (Wildman–Crippen MR) is 125 cm³/mol. The molecule has 0 aliphatic rings. The Kier molecular flexibility index (Phi) is 7.53. The van der Waals surface area contributed by atoms with Crippen molar-refractivity contribution >= 4 is 22.4 Å². The normalized spacial score (nSPS) is 11.9. The molecule has 0 fully saturated rings. The third-order valence-electron chi connectivity index (χ3n) is 5.18. The van der Waals surface area contributed by atoms with Crippen molar-refractivity contribution in [2.45, 2.75) is 40.2 Å². The molecule has 0 aliphatic carbocycles. The first-order valence-electron chi connectivity index (χ1n) is 10.6. The quantitative estimate of drug-likeness (QED) is 0.353. The maximum atomic E-state index is 12.4. The standard InChI is InChI=1S/C26H31NO4/c1-17(2)30-13-9-12-27-24(28)14-18(3)21-15-22-23(20-10-7-6-8-11-20)16-31-26(22)19(4)25(21)29-5/h6-8,10-11,14-17H,9,12-13H2,1-5H3,(H,27,28)/b18-14+. The van der Waals surface area contributed by atoms with Gasteiger partial charge < -0.3 is 19.2 Å². The van der Waals surface area contributed by atoms with Crippen LogP contribution in [0.1, 0.15) is 38.3 Å². The number of amides is 1. The number of benzene rings is 2. The van der Waals surface area contributed by atoms with Crippen molar-refractivity contribution in [2.75, 3.05) is 20.3 Å². The van der Waals surface area contributed by atoms with E-state index in [0.29, 0.717) is 18.9 Å². The maximum absolute atomic E-state index is 12.4. The van der Waals surface area contributed by atoms with E-state index < -0.39 is 0 Å². The molecule has 0 saturated heterocycles. The highest BCUT2D eigenvalue weighted by Crippen LogP contribution is 2.40. The first-order valence-corrected chi connectivity index (χ1v) is 10.6. The molecule has 2 aromatic carbocycles. The summed E-state index contributed by atoms with van der Waals surface area (Å²) in [5.41, 5.74) is 5.52. The Labute approximate surface area is 184 Å². The van der Waals surface area contributed by atoms with Crippen molar-refractivity contribution in [3.8, 4) is 16.9 Å². The van der Waals surface area contributed by atoms with Gasteiger partial charge in [-0.15, -0.1) is 0 Å². The van der Waals surface area contributed by atoms with E-state index >= 15 is 0 Å². The van der Waals surface area contributed by atoms with Gasteiger partial charge in [-0.1, -0.05) is 30.3 Å². The summed E-state index contributed by atoms with van der Waals surface area (Å²) in [4.78, 5) is 12.4. The zero-order valence-corrected chi connectivity index (χ0v) is 19.0. The molecule has 1 N–H and O–H groups in total. The summed E-state index contributed by atoms with van der Waals surface area (Å²) in [5.74, 6) is 0.589. The van der Waals surface area contributed by atoms with Crippen molar-refractivity contribution in [1.29, 1.82) is 0 Å². The number of allylic oxidation sites excluding steroid dienone is 1. The van der Waals surface area contributed by atoms with E-state index in [1.807, 2.05) is 52.0 Å². The Hall–Kier alpha value is -3.05. The minimum Gasteiger partial charge on any atom is -0.496 e. The van der Waals surface area contributed by atoms with Crippen molar-refractivity contribution < 1.29 is 18.7 Å². The average Bonchev–Trinajstić information content (AvgIpc) is 3.18.